The first kappa shape index (κ1) is 9.51. The molecular formula is C9H13N3O2. The van der Waals surface area contributed by atoms with E-state index in [1.54, 1.807) is 18.5 Å². The lowest BCUT2D eigenvalue weighted by Gasteiger charge is -2.12. The van der Waals surface area contributed by atoms with E-state index in [0.29, 0.717) is 25.5 Å². The van der Waals surface area contributed by atoms with E-state index in [1.807, 2.05) is 4.90 Å². The van der Waals surface area contributed by atoms with Crippen LogP contribution in [0.4, 0.5) is 0 Å². The molecule has 1 aliphatic heterocycles. The second-order valence-corrected chi connectivity index (χ2v) is 3.49. The molecule has 1 aliphatic rings. The molecule has 0 spiro atoms. The lowest BCUT2D eigenvalue weighted by molar-refractivity contribution is 0.0572. The Kier molecular flexibility index (Phi) is 2.72. The molecule has 1 aromatic rings. The van der Waals surface area contributed by atoms with Gasteiger partial charge in [-0.25, -0.2) is 9.97 Å². The van der Waals surface area contributed by atoms with Crippen molar-refractivity contribution in [3.05, 3.63) is 24.3 Å². The lowest BCUT2D eigenvalue weighted by atomic mass is 10.3. The van der Waals surface area contributed by atoms with E-state index in [1.165, 1.54) is 0 Å². The minimum Gasteiger partial charge on any atom is -0.389 e. The van der Waals surface area contributed by atoms with Crippen LogP contribution in [0.2, 0.25) is 0 Å². The highest BCUT2D eigenvalue weighted by atomic mass is 16.3. The quantitative estimate of drug-likeness (QED) is 0.634. The summed E-state index contributed by atoms with van der Waals surface area (Å²) in [6.45, 7) is 1.55. The Morgan fingerprint density at radius 1 is 1.21 bits per heavy atom. The van der Waals surface area contributed by atoms with Gasteiger partial charge in [-0.1, -0.05) is 0 Å². The first-order valence-electron chi connectivity index (χ1n) is 4.60. The predicted octanol–water partition coefficient (Wildman–Crippen LogP) is -0.986. The molecular weight excluding hydrogens is 182 g/mol. The van der Waals surface area contributed by atoms with Gasteiger partial charge in [0.25, 0.3) is 0 Å². The maximum Gasteiger partial charge on any atom is 0.142 e. The third-order valence-corrected chi connectivity index (χ3v) is 2.32. The summed E-state index contributed by atoms with van der Waals surface area (Å²) in [5.74, 6) is 0.716. The predicted molar refractivity (Wildman–Crippen MR) is 49.3 cm³/mol. The number of aromatic nitrogens is 2. The Bertz CT molecular complexity index is 283. The van der Waals surface area contributed by atoms with E-state index >= 15 is 0 Å². The van der Waals surface area contributed by atoms with Crippen molar-refractivity contribution >= 4 is 0 Å². The minimum atomic E-state index is -0.640. The van der Waals surface area contributed by atoms with Gasteiger partial charge in [0, 0.05) is 25.5 Å². The summed E-state index contributed by atoms with van der Waals surface area (Å²) in [5.41, 5.74) is 0. The number of hydrogen-bond donors (Lipinski definition) is 2. The molecule has 0 saturated carbocycles. The van der Waals surface area contributed by atoms with Crippen LogP contribution in [0.25, 0.3) is 0 Å². The SMILES string of the molecule is O[C@@H]1CN(Cc2ncccn2)C[C@@H]1O. The van der Waals surface area contributed by atoms with E-state index < -0.39 is 12.2 Å². The van der Waals surface area contributed by atoms with Gasteiger partial charge in [0.1, 0.15) is 5.82 Å². The topological polar surface area (TPSA) is 69.5 Å². The van der Waals surface area contributed by atoms with Gasteiger partial charge in [0.2, 0.25) is 0 Å². The molecule has 1 fully saturated rings. The van der Waals surface area contributed by atoms with Crippen LogP contribution in [0.3, 0.4) is 0 Å². The van der Waals surface area contributed by atoms with E-state index in [2.05, 4.69) is 9.97 Å². The highest BCUT2D eigenvalue weighted by Gasteiger charge is 2.29. The van der Waals surface area contributed by atoms with Crippen molar-refractivity contribution in [1.82, 2.24) is 14.9 Å². The van der Waals surface area contributed by atoms with Gasteiger partial charge in [-0.15, -0.1) is 0 Å². The Morgan fingerprint density at radius 2 is 1.79 bits per heavy atom. The average molecular weight is 195 g/mol. The number of aliphatic hydroxyl groups excluding tert-OH is 2. The molecule has 2 rings (SSSR count). The van der Waals surface area contributed by atoms with Crippen molar-refractivity contribution in [2.24, 2.45) is 0 Å². The number of hydrogen-bond acceptors (Lipinski definition) is 5. The third kappa shape index (κ3) is 2.06. The lowest BCUT2D eigenvalue weighted by Crippen LogP contribution is -2.22. The third-order valence-electron chi connectivity index (χ3n) is 2.32. The van der Waals surface area contributed by atoms with Crippen LogP contribution in [-0.2, 0) is 6.54 Å². The highest BCUT2D eigenvalue weighted by Crippen LogP contribution is 2.11. The zero-order valence-electron chi connectivity index (χ0n) is 7.74. The molecule has 0 radical (unpaired) electrons. The fourth-order valence-corrected chi connectivity index (χ4v) is 1.59. The summed E-state index contributed by atoms with van der Waals surface area (Å²) in [7, 11) is 0. The van der Waals surface area contributed by atoms with E-state index in [9.17, 15) is 10.2 Å². The Labute approximate surface area is 82.0 Å². The zero-order chi connectivity index (χ0) is 9.97. The number of nitrogens with zero attached hydrogens (tertiary/aromatic N) is 3. The van der Waals surface area contributed by atoms with Gasteiger partial charge in [-0.05, 0) is 6.07 Å². The van der Waals surface area contributed by atoms with Crippen LogP contribution < -0.4 is 0 Å². The molecule has 1 saturated heterocycles. The van der Waals surface area contributed by atoms with Crippen LogP contribution in [0, 0.1) is 0 Å². The van der Waals surface area contributed by atoms with Crippen molar-refractivity contribution in [2.45, 2.75) is 18.8 Å². The van der Waals surface area contributed by atoms with Crippen LogP contribution in [0.5, 0.6) is 0 Å². The Hall–Kier alpha value is -1.04. The first-order chi connectivity index (χ1) is 6.75. The molecule has 5 heteroatoms. The van der Waals surface area contributed by atoms with Crippen LogP contribution in [0.1, 0.15) is 5.82 Å². The standard InChI is InChI=1S/C9H13N3O2/c13-7-4-12(5-8(7)14)6-9-10-2-1-3-11-9/h1-3,7-8,13-14H,4-6H2/t7-,8+. The summed E-state index contributed by atoms with van der Waals surface area (Å²) in [5, 5.41) is 18.6. The smallest absolute Gasteiger partial charge is 0.142 e. The summed E-state index contributed by atoms with van der Waals surface area (Å²) in [6, 6.07) is 1.76. The maximum absolute atomic E-state index is 9.31. The van der Waals surface area contributed by atoms with E-state index in [4.69, 9.17) is 0 Å². The number of likely N-dealkylation sites (tertiary alicyclic amines) is 1. The second kappa shape index (κ2) is 4.00. The fourth-order valence-electron chi connectivity index (χ4n) is 1.59. The van der Waals surface area contributed by atoms with Crippen LogP contribution >= 0.6 is 0 Å². The molecule has 0 amide bonds. The number of rotatable bonds is 2. The van der Waals surface area contributed by atoms with Gasteiger partial charge in [0.15, 0.2) is 0 Å². The molecule has 0 unspecified atom stereocenters. The maximum atomic E-state index is 9.31. The molecule has 1 aromatic heterocycles. The molecule has 0 aliphatic carbocycles. The molecule has 2 atom stereocenters. The van der Waals surface area contributed by atoms with Crippen LogP contribution in [-0.4, -0.2) is 50.4 Å². The normalized spacial score (nSPS) is 28.1. The van der Waals surface area contributed by atoms with Crippen molar-refractivity contribution in [3.63, 3.8) is 0 Å². The van der Waals surface area contributed by atoms with Gasteiger partial charge in [-0.3, -0.25) is 4.90 Å². The van der Waals surface area contributed by atoms with Gasteiger partial charge in [0.05, 0.1) is 18.8 Å². The Morgan fingerprint density at radius 3 is 2.36 bits per heavy atom. The van der Waals surface area contributed by atoms with E-state index in [-0.39, 0.29) is 0 Å². The molecule has 2 heterocycles. The zero-order valence-corrected chi connectivity index (χ0v) is 7.74. The number of aliphatic hydroxyl groups is 2. The molecule has 0 aromatic carbocycles. The molecule has 0 bridgehead atoms. The summed E-state index contributed by atoms with van der Waals surface area (Å²) in [4.78, 5) is 10.1. The average Bonchev–Trinajstić information content (AvgIpc) is 2.47. The van der Waals surface area contributed by atoms with Gasteiger partial charge < -0.3 is 10.2 Å². The molecule has 2 N–H and O–H groups in total. The van der Waals surface area contributed by atoms with E-state index in [0.717, 1.165) is 0 Å². The molecule has 5 nitrogen and oxygen atoms in total. The van der Waals surface area contributed by atoms with Crippen LogP contribution in [0.15, 0.2) is 18.5 Å². The summed E-state index contributed by atoms with van der Waals surface area (Å²) >= 11 is 0. The highest BCUT2D eigenvalue weighted by molar-refractivity contribution is 4.91. The van der Waals surface area contributed by atoms with Gasteiger partial charge in [-0.2, -0.15) is 0 Å². The molecule has 14 heavy (non-hydrogen) atoms. The van der Waals surface area contributed by atoms with Crippen molar-refractivity contribution in [3.8, 4) is 0 Å². The largest absolute Gasteiger partial charge is 0.389 e. The van der Waals surface area contributed by atoms with Crippen molar-refractivity contribution in [1.29, 1.82) is 0 Å². The monoisotopic (exact) mass is 195 g/mol. The summed E-state index contributed by atoms with van der Waals surface area (Å²) in [6.07, 6.45) is 2.09. The Balaban J connectivity index is 1.94. The second-order valence-electron chi connectivity index (χ2n) is 3.49. The minimum absolute atomic E-state index is 0.486. The van der Waals surface area contributed by atoms with Crippen molar-refractivity contribution in [2.75, 3.05) is 13.1 Å². The summed E-state index contributed by atoms with van der Waals surface area (Å²) < 4.78 is 0. The number of β-amino-alcohol motifs (C(OH)–C–C–N with tert-alkyl or cyclic N) is 2. The van der Waals surface area contributed by atoms with Gasteiger partial charge >= 0.3 is 0 Å². The van der Waals surface area contributed by atoms with Crippen molar-refractivity contribution < 1.29 is 10.2 Å². The molecule has 76 valence electrons. The first-order valence-corrected chi connectivity index (χ1v) is 4.60. The fraction of sp³-hybridized carbons (Fsp3) is 0.556.